The van der Waals surface area contributed by atoms with E-state index in [0.717, 1.165) is 44.8 Å². The van der Waals surface area contributed by atoms with Crippen molar-refractivity contribution in [2.75, 3.05) is 0 Å². The summed E-state index contributed by atoms with van der Waals surface area (Å²) in [5.74, 6) is 1.36. The molecule has 1 aliphatic rings. The summed E-state index contributed by atoms with van der Waals surface area (Å²) in [7, 11) is 0. The topological polar surface area (TPSA) is 38.9 Å². The van der Waals surface area contributed by atoms with Gasteiger partial charge in [-0.25, -0.2) is 4.98 Å². The molecule has 0 saturated heterocycles. The van der Waals surface area contributed by atoms with Gasteiger partial charge in [0.05, 0.1) is 11.4 Å². The van der Waals surface area contributed by atoms with E-state index in [9.17, 15) is 0 Å². The van der Waals surface area contributed by atoms with Crippen molar-refractivity contribution in [2.24, 2.45) is 5.92 Å². The Labute approximate surface area is 194 Å². The third-order valence-electron chi connectivity index (χ3n) is 7.37. The lowest BCUT2D eigenvalue weighted by atomic mass is 9.78. The summed E-state index contributed by atoms with van der Waals surface area (Å²) in [5, 5.41) is 2.14. The molecule has 0 amide bonds. The molecule has 0 radical (unpaired) electrons. The zero-order valence-corrected chi connectivity index (χ0v) is 19.0. The minimum Gasteiger partial charge on any atom is -0.438 e. The molecule has 3 heterocycles. The Morgan fingerprint density at radius 2 is 1.61 bits per heavy atom. The van der Waals surface area contributed by atoms with Crippen LogP contribution in [0.2, 0.25) is 0 Å². The summed E-state index contributed by atoms with van der Waals surface area (Å²) in [6.07, 6.45) is 8.79. The molecule has 0 spiro atoms. The number of benzene rings is 2. The van der Waals surface area contributed by atoms with Crippen LogP contribution in [-0.2, 0) is 0 Å². The van der Waals surface area contributed by atoms with Gasteiger partial charge in [0.25, 0.3) is 0 Å². The lowest BCUT2D eigenvalue weighted by molar-refractivity contribution is 0.316. The van der Waals surface area contributed by atoms with Crippen LogP contribution in [0.25, 0.3) is 44.6 Å². The third kappa shape index (κ3) is 3.82. The molecule has 33 heavy (non-hydrogen) atoms. The molecule has 1 saturated carbocycles. The van der Waals surface area contributed by atoms with Crippen LogP contribution in [-0.4, -0.2) is 9.97 Å². The van der Waals surface area contributed by atoms with Gasteiger partial charge >= 0.3 is 0 Å². The van der Waals surface area contributed by atoms with Crippen LogP contribution in [0.3, 0.4) is 0 Å². The molecule has 0 N–H and O–H groups in total. The van der Waals surface area contributed by atoms with E-state index in [0.29, 0.717) is 11.6 Å². The molecule has 2 aromatic carbocycles. The monoisotopic (exact) mass is 432 g/mol. The average molecular weight is 433 g/mol. The highest BCUT2D eigenvalue weighted by Gasteiger charge is 2.22. The van der Waals surface area contributed by atoms with Gasteiger partial charge in [-0.1, -0.05) is 62.6 Å². The molecule has 0 aliphatic heterocycles. The van der Waals surface area contributed by atoms with E-state index in [-0.39, 0.29) is 0 Å². The number of rotatable bonds is 4. The van der Waals surface area contributed by atoms with Crippen LogP contribution in [0.1, 0.15) is 50.5 Å². The van der Waals surface area contributed by atoms with Gasteiger partial charge in [0, 0.05) is 28.1 Å². The Hall–Kier alpha value is -3.46. The highest BCUT2D eigenvalue weighted by molar-refractivity contribution is 6.05. The maximum atomic E-state index is 6.21. The first-order chi connectivity index (χ1) is 16.3. The van der Waals surface area contributed by atoms with E-state index in [1.807, 2.05) is 24.4 Å². The number of pyridine rings is 2. The second-order valence-corrected chi connectivity index (χ2v) is 9.39. The fourth-order valence-corrected chi connectivity index (χ4v) is 5.38. The zero-order chi connectivity index (χ0) is 22.2. The molecule has 1 fully saturated rings. The minimum absolute atomic E-state index is 0.572. The van der Waals surface area contributed by atoms with Gasteiger partial charge in [0.1, 0.15) is 5.58 Å². The summed E-state index contributed by atoms with van der Waals surface area (Å²) in [6, 6.07) is 25.3. The minimum atomic E-state index is 0.572. The zero-order valence-electron chi connectivity index (χ0n) is 19.0. The molecule has 3 heteroatoms. The van der Waals surface area contributed by atoms with Gasteiger partial charge in [-0.15, -0.1) is 0 Å². The lowest BCUT2D eigenvalue weighted by Crippen LogP contribution is -2.14. The SMILES string of the molecule is CC(c1ccnc(-c2ccc3c(c2)oc2nc(-c4ccccc4)ccc23)c1)C1CCCCC1. The van der Waals surface area contributed by atoms with E-state index >= 15 is 0 Å². The van der Waals surface area contributed by atoms with E-state index in [1.54, 1.807) is 0 Å². The fraction of sp³-hybridized carbons (Fsp3) is 0.267. The summed E-state index contributed by atoms with van der Waals surface area (Å²) in [6.45, 7) is 2.38. The van der Waals surface area contributed by atoms with Crippen molar-refractivity contribution >= 4 is 22.1 Å². The Kier molecular flexibility index (Phi) is 5.18. The number of hydrogen-bond acceptors (Lipinski definition) is 3. The van der Waals surface area contributed by atoms with Crippen molar-refractivity contribution in [2.45, 2.75) is 44.9 Å². The molecule has 0 bridgehead atoms. The Morgan fingerprint density at radius 3 is 2.45 bits per heavy atom. The largest absolute Gasteiger partial charge is 0.438 e. The molecule has 3 aromatic heterocycles. The Balaban J connectivity index is 1.35. The van der Waals surface area contributed by atoms with Crippen LogP contribution < -0.4 is 0 Å². The molecule has 1 atom stereocenters. The molecule has 3 nitrogen and oxygen atoms in total. The third-order valence-corrected chi connectivity index (χ3v) is 7.37. The van der Waals surface area contributed by atoms with Gasteiger partial charge in [-0.3, -0.25) is 4.98 Å². The smallest absolute Gasteiger partial charge is 0.227 e. The molecule has 1 aliphatic carbocycles. The quantitative estimate of drug-likeness (QED) is 0.286. The highest BCUT2D eigenvalue weighted by atomic mass is 16.3. The summed E-state index contributed by atoms with van der Waals surface area (Å²) in [5.41, 5.74) is 7.04. The van der Waals surface area contributed by atoms with Crippen molar-refractivity contribution in [3.8, 4) is 22.5 Å². The fourth-order valence-electron chi connectivity index (χ4n) is 5.38. The van der Waals surface area contributed by atoms with Gasteiger partial charge < -0.3 is 4.42 Å². The van der Waals surface area contributed by atoms with Crippen molar-refractivity contribution in [1.29, 1.82) is 0 Å². The van der Waals surface area contributed by atoms with Crippen molar-refractivity contribution < 1.29 is 4.42 Å². The Bertz CT molecular complexity index is 1410. The van der Waals surface area contributed by atoms with E-state index in [1.165, 1.54) is 37.7 Å². The van der Waals surface area contributed by atoms with Gasteiger partial charge in [0.2, 0.25) is 5.71 Å². The Morgan fingerprint density at radius 1 is 0.788 bits per heavy atom. The number of aromatic nitrogens is 2. The van der Waals surface area contributed by atoms with Crippen LogP contribution in [0.4, 0.5) is 0 Å². The molecular weight excluding hydrogens is 404 g/mol. The molecule has 6 rings (SSSR count). The van der Waals surface area contributed by atoms with Crippen LogP contribution >= 0.6 is 0 Å². The van der Waals surface area contributed by atoms with Crippen LogP contribution in [0, 0.1) is 5.92 Å². The molecule has 164 valence electrons. The summed E-state index contributed by atoms with van der Waals surface area (Å²) < 4.78 is 6.21. The van der Waals surface area contributed by atoms with E-state index in [2.05, 4.69) is 61.5 Å². The highest BCUT2D eigenvalue weighted by Crippen LogP contribution is 2.37. The summed E-state index contributed by atoms with van der Waals surface area (Å²) >= 11 is 0. The molecule has 5 aromatic rings. The normalized spacial score (nSPS) is 15.8. The number of fused-ring (bicyclic) bond motifs is 3. The maximum Gasteiger partial charge on any atom is 0.227 e. The van der Waals surface area contributed by atoms with Crippen LogP contribution in [0.15, 0.2) is 83.4 Å². The number of nitrogens with zero attached hydrogens (tertiary/aromatic N) is 2. The lowest BCUT2D eigenvalue weighted by Gasteiger charge is -2.28. The van der Waals surface area contributed by atoms with Crippen molar-refractivity contribution in [1.82, 2.24) is 9.97 Å². The molecular formula is C30H28N2O. The van der Waals surface area contributed by atoms with Crippen molar-refractivity contribution in [3.63, 3.8) is 0 Å². The predicted molar refractivity (Wildman–Crippen MR) is 135 cm³/mol. The van der Waals surface area contributed by atoms with E-state index < -0.39 is 0 Å². The second kappa shape index (κ2) is 8.47. The van der Waals surface area contributed by atoms with Crippen molar-refractivity contribution in [3.05, 3.63) is 84.6 Å². The van der Waals surface area contributed by atoms with Gasteiger partial charge in [-0.05, 0) is 66.6 Å². The maximum absolute atomic E-state index is 6.21. The standard InChI is InChI=1S/C30H28N2O/c1-20(21-8-4-2-5-9-21)23-16-17-31-28(18-23)24-12-13-25-26-14-15-27(22-10-6-3-7-11-22)32-30(26)33-29(25)19-24/h3,6-7,10-21H,2,4-5,8-9H2,1H3. The first-order valence-corrected chi connectivity index (χ1v) is 12.1. The van der Waals surface area contributed by atoms with Gasteiger partial charge in [0.15, 0.2) is 0 Å². The first-order valence-electron chi connectivity index (χ1n) is 12.1. The van der Waals surface area contributed by atoms with Gasteiger partial charge in [-0.2, -0.15) is 0 Å². The number of hydrogen-bond donors (Lipinski definition) is 0. The second-order valence-electron chi connectivity index (χ2n) is 9.39. The predicted octanol–water partition coefficient (Wildman–Crippen LogP) is 8.39. The number of furan rings is 1. The molecule has 1 unspecified atom stereocenters. The summed E-state index contributed by atoms with van der Waals surface area (Å²) in [4.78, 5) is 9.49. The first kappa shape index (κ1) is 20.2. The van der Waals surface area contributed by atoms with Crippen LogP contribution in [0.5, 0.6) is 0 Å². The van der Waals surface area contributed by atoms with E-state index in [4.69, 9.17) is 14.4 Å². The average Bonchev–Trinajstić information content (AvgIpc) is 3.26.